The van der Waals surface area contributed by atoms with Crippen LogP contribution in [-0.2, 0) is 0 Å². The molecule has 4 nitrogen and oxygen atoms in total. The molecule has 0 aliphatic rings. The average molecular weight is 253 g/mol. The fraction of sp³-hybridized carbons (Fsp3) is 0.571. The maximum Gasteiger partial charge on any atom is 0.123 e. The van der Waals surface area contributed by atoms with Gasteiger partial charge >= 0.3 is 0 Å². The topological polar surface area (TPSA) is 50.7 Å². The van der Waals surface area contributed by atoms with E-state index >= 15 is 0 Å². The van der Waals surface area contributed by atoms with Gasteiger partial charge in [0, 0.05) is 12.1 Å². The van der Waals surface area contributed by atoms with E-state index < -0.39 is 5.54 Å². The Morgan fingerprint density at radius 1 is 1.33 bits per heavy atom. The van der Waals surface area contributed by atoms with Crippen molar-refractivity contribution < 1.29 is 14.6 Å². The molecule has 1 aromatic rings. The molecule has 1 aromatic carbocycles. The van der Waals surface area contributed by atoms with Crippen molar-refractivity contribution in [2.24, 2.45) is 0 Å². The monoisotopic (exact) mass is 253 g/mol. The quantitative estimate of drug-likeness (QED) is 0.778. The Kier molecular flexibility index (Phi) is 5.44. The Morgan fingerprint density at radius 3 is 2.56 bits per heavy atom. The lowest BCUT2D eigenvalue weighted by Crippen LogP contribution is -2.53. The van der Waals surface area contributed by atoms with Crippen molar-refractivity contribution >= 4 is 0 Å². The number of hydrogen-bond acceptors (Lipinski definition) is 4. The van der Waals surface area contributed by atoms with Gasteiger partial charge in [0.1, 0.15) is 18.1 Å². The zero-order chi connectivity index (χ0) is 13.6. The van der Waals surface area contributed by atoms with E-state index in [1.54, 1.807) is 7.11 Å². The molecule has 18 heavy (non-hydrogen) atoms. The molecule has 0 radical (unpaired) electrons. The number of rotatable bonds is 7. The van der Waals surface area contributed by atoms with Gasteiger partial charge in [0.05, 0.1) is 19.3 Å². The molecule has 102 valence electrons. The van der Waals surface area contributed by atoms with E-state index in [1.165, 1.54) is 0 Å². The van der Waals surface area contributed by atoms with Gasteiger partial charge in [-0.1, -0.05) is 19.9 Å². The minimum atomic E-state index is -0.447. The summed E-state index contributed by atoms with van der Waals surface area (Å²) in [5, 5.41) is 12.7. The number of benzene rings is 1. The lowest BCUT2D eigenvalue weighted by molar-refractivity contribution is 0.108. The minimum Gasteiger partial charge on any atom is -0.497 e. The molecule has 0 fully saturated rings. The minimum absolute atomic E-state index is 0.0230. The van der Waals surface area contributed by atoms with Crippen LogP contribution in [0.5, 0.6) is 11.5 Å². The summed E-state index contributed by atoms with van der Waals surface area (Å²) in [5.41, 5.74) is -0.447. The molecule has 0 aromatic heterocycles. The van der Waals surface area contributed by atoms with Crippen molar-refractivity contribution in [1.82, 2.24) is 5.32 Å². The summed E-state index contributed by atoms with van der Waals surface area (Å²) in [4.78, 5) is 0. The predicted octanol–water partition coefficient (Wildman–Crippen LogP) is 1.82. The molecule has 1 unspecified atom stereocenters. The number of aliphatic hydroxyl groups is 1. The van der Waals surface area contributed by atoms with Gasteiger partial charge in [-0.05, 0) is 19.1 Å². The molecule has 2 N–H and O–H groups in total. The summed E-state index contributed by atoms with van der Waals surface area (Å²) in [6, 6.07) is 7.73. The second kappa shape index (κ2) is 6.61. The highest BCUT2D eigenvalue weighted by atomic mass is 16.5. The van der Waals surface area contributed by atoms with Crippen molar-refractivity contribution in [3.8, 4) is 11.5 Å². The van der Waals surface area contributed by atoms with Crippen LogP contribution in [0.4, 0.5) is 0 Å². The molecule has 0 aliphatic heterocycles. The molecule has 1 atom stereocenters. The van der Waals surface area contributed by atoms with E-state index in [2.05, 4.69) is 5.32 Å². The average Bonchev–Trinajstić information content (AvgIpc) is 2.36. The Balaban J connectivity index is 2.61. The van der Waals surface area contributed by atoms with E-state index in [1.807, 2.05) is 45.0 Å². The fourth-order valence-corrected chi connectivity index (χ4v) is 1.76. The summed E-state index contributed by atoms with van der Waals surface area (Å²) in [6.45, 7) is 6.44. The molecule has 0 aliphatic carbocycles. The smallest absolute Gasteiger partial charge is 0.123 e. The van der Waals surface area contributed by atoms with Crippen LogP contribution in [0, 0.1) is 0 Å². The normalized spacial score (nSPS) is 14.3. The van der Waals surface area contributed by atoms with E-state index in [0.717, 1.165) is 11.5 Å². The van der Waals surface area contributed by atoms with Crippen LogP contribution in [0.15, 0.2) is 24.3 Å². The van der Waals surface area contributed by atoms with Gasteiger partial charge in [0.25, 0.3) is 0 Å². The maximum absolute atomic E-state index is 9.45. The number of nitrogens with one attached hydrogen (secondary N) is 1. The second-order valence-corrected chi connectivity index (χ2v) is 4.99. The van der Waals surface area contributed by atoms with Crippen LogP contribution >= 0.6 is 0 Å². The maximum atomic E-state index is 9.45. The van der Waals surface area contributed by atoms with E-state index in [0.29, 0.717) is 6.61 Å². The van der Waals surface area contributed by atoms with Crippen LogP contribution in [0.1, 0.15) is 20.8 Å². The van der Waals surface area contributed by atoms with Crippen LogP contribution in [0.2, 0.25) is 0 Å². The van der Waals surface area contributed by atoms with Crippen molar-refractivity contribution in [2.75, 3.05) is 20.3 Å². The second-order valence-electron chi connectivity index (χ2n) is 4.99. The predicted molar refractivity (Wildman–Crippen MR) is 72.3 cm³/mol. The standard InChI is InChI=1S/C14H23NO3/c1-11(2)15-14(3,9-16)10-18-13-7-5-6-12(8-13)17-4/h5-8,11,15-16H,9-10H2,1-4H3. The van der Waals surface area contributed by atoms with Gasteiger partial charge in [-0.15, -0.1) is 0 Å². The summed E-state index contributed by atoms with van der Waals surface area (Å²) >= 11 is 0. The summed E-state index contributed by atoms with van der Waals surface area (Å²) in [5.74, 6) is 1.50. The Labute approximate surface area is 109 Å². The first-order valence-electron chi connectivity index (χ1n) is 6.14. The zero-order valence-electron chi connectivity index (χ0n) is 11.6. The van der Waals surface area contributed by atoms with Crippen LogP contribution in [0.3, 0.4) is 0 Å². The highest BCUT2D eigenvalue weighted by molar-refractivity contribution is 5.32. The van der Waals surface area contributed by atoms with Gasteiger partial charge in [0.15, 0.2) is 0 Å². The third-order valence-corrected chi connectivity index (χ3v) is 2.58. The molecule has 0 spiro atoms. The lowest BCUT2D eigenvalue weighted by Gasteiger charge is -2.30. The zero-order valence-corrected chi connectivity index (χ0v) is 11.6. The molecule has 0 bridgehead atoms. The van der Waals surface area contributed by atoms with E-state index in [9.17, 15) is 5.11 Å². The third-order valence-electron chi connectivity index (χ3n) is 2.58. The Hall–Kier alpha value is -1.26. The highest BCUT2D eigenvalue weighted by Gasteiger charge is 2.24. The number of aliphatic hydroxyl groups excluding tert-OH is 1. The van der Waals surface area contributed by atoms with Crippen molar-refractivity contribution in [3.05, 3.63) is 24.3 Å². The van der Waals surface area contributed by atoms with Crippen LogP contribution in [-0.4, -0.2) is 37.0 Å². The van der Waals surface area contributed by atoms with Crippen molar-refractivity contribution in [1.29, 1.82) is 0 Å². The van der Waals surface area contributed by atoms with Crippen LogP contribution in [0.25, 0.3) is 0 Å². The Morgan fingerprint density at radius 2 is 2.00 bits per heavy atom. The molecule has 4 heteroatoms. The fourth-order valence-electron chi connectivity index (χ4n) is 1.76. The molecule has 0 saturated heterocycles. The van der Waals surface area contributed by atoms with Crippen LogP contribution < -0.4 is 14.8 Å². The summed E-state index contributed by atoms with van der Waals surface area (Å²) in [7, 11) is 1.62. The molecular weight excluding hydrogens is 230 g/mol. The lowest BCUT2D eigenvalue weighted by atomic mass is 10.0. The molecule has 1 rings (SSSR count). The van der Waals surface area contributed by atoms with Gasteiger partial charge in [-0.25, -0.2) is 0 Å². The molecule has 0 amide bonds. The first-order chi connectivity index (χ1) is 8.49. The summed E-state index contributed by atoms with van der Waals surface area (Å²) in [6.07, 6.45) is 0. The molecular formula is C14H23NO3. The van der Waals surface area contributed by atoms with Gasteiger partial charge in [-0.2, -0.15) is 0 Å². The highest BCUT2D eigenvalue weighted by Crippen LogP contribution is 2.20. The molecule has 0 heterocycles. The number of methoxy groups -OCH3 is 1. The van der Waals surface area contributed by atoms with Crippen molar-refractivity contribution in [2.45, 2.75) is 32.4 Å². The SMILES string of the molecule is COc1cccc(OCC(C)(CO)NC(C)C)c1. The largest absolute Gasteiger partial charge is 0.497 e. The summed E-state index contributed by atoms with van der Waals surface area (Å²) < 4.78 is 10.8. The molecule has 0 saturated carbocycles. The van der Waals surface area contributed by atoms with E-state index in [-0.39, 0.29) is 12.6 Å². The first kappa shape index (κ1) is 14.8. The Bertz CT molecular complexity index is 368. The number of hydrogen-bond donors (Lipinski definition) is 2. The van der Waals surface area contributed by atoms with Gasteiger partial charge in [-0.3, -0.25) is 0 Å². The van der Waals surface area contributed by atoms with Crippen molar-refractivity contribution in [3.63, 3.8) is 0 Å². The van der Waals surface area contributed by atoms with E-state index in [4.69, 9.17) is 9.47 Å². The third kappa shape index (κ3) is 4.55. The van der Waals surface area contributed by atoms with Gasteiger partial charge < -0.3 is 19.9 Å². The van der Waals surface area contributed by atoms with Gasteiger partial charge in [0.2, 0.25) is 0 Å². The number of ether oxygens (including phenoxy) is 2. The first-order valence-corrected chi connectivity index (χ1v) is 6.14.